The molecule has 0 bridgehead atoms. The van der Waals surface area contributed by atoms with E-state index in [1.54, 1.807) is 6.07 Å². The third-order valence-corrected chi connectivity index (χ3v) is 3.20. The minimum absolute atomic E-state index is 0.170. The SMILES string of the molecule is CC1CC(C)N(c2cccc(F)c2C#N)C1. The Morgan fingerprint density at radius 3 is 2.75 bits per heavy atom. The van der Waals surface area contributed by atoms with Crippen molar-refractivity contribution in [2.24, 2.45) is 5.92 Å². The van der Waals surface area contributed by atoms with Gasteiger partial charge in [-0.1, -0.05) is 13.0 Å². The first-order chi connectivity index (χ1) is 7.63. The summed E-state index contributed by atoms with van der Waals surface area (Å²) in [6, 6.07) is 7.17. The molecule has 0 saturated carbocycles. The molecular weight excluding hydrogens is 203 g/mol. The molecule has 2 atom stereocenters. The third-order valence-electron chi connectivity index (χ3n) is 3.20. The van der Waals surface area contributed by atoms with Crippen molar-refractivity contribution in [1.82, 2.24) is 0 Å². The zero-order chi connectivity index (χ0) is 11.7. The zero-order valence-corrected chi connectivity index (χ0v) is 9.57. The molecule has 84 valence electrons. The lowest BCUT2D eigenvalue weighted by Gasteiger charge is -2.24. The van der Waals surface area contributed by atoms with Crippen LogP contribution in [0.1, 0.15) is 25.8 Å². The predicted octanol–water partition coefficient (Wildman–Crippen LogP) is 2.93. The van der Waals surface area contributed by atoms with Crippen LogP contribution >= 0.6 is 0 Å². The van der Waals surface area contributed by atoms with Crippen LogP contribution in [0.3, 0.4) is 0 Å². The molecule has 1 heterocycles. The highest BCUT2D eigenvalue weighted by molar-refractivity contribution is 5.61. The van der Waals surface area contributed by atoms with Gasteiger partial charge in [-0.2, -0.15) is 5.26 Å². The van der Waals surface area contributed by atoms with E-state index >= 15 is 0 Å². The smallest absolute Gasteiger partial charge is 0.143 e. The van der Waals surface area contributed by atoms with Crippen LogP contribution in [0, 0.1) is 23.1 Å². The summed E-state index contributed by atoms with van der Waals surface area (Å²) in [5.41, 5.74) is 0.905. The number of halogens is 1. The second-order valence-corrected chi connectivity index (χ2v) is 4.59. The van der Waals surface area contributed by atoms with Crippen LogP contribution in [0.2, 0.25) is 0 Å². The zero-order valence-electron chi connectivity index (χ0n) is 9.57. The van der Waals surface area contributed by atoms with Crippen molar-refractivity contribution in [3.05, 3.63) is 29.6 Å². The van der Waals surface area contributed by atoms with E-state index in [1.807, 2.05) is 12.1 Å². The molecule has 1 fully saturated rings. The normalized spacial score (nSPS) is 24.5. The summed E-state index contributed by atoms with van der Waals surface area (Å²) in [6.07, 6.45) is 1.10. The van der Waals surface area contributed by atoms with Gasteiger partial charge in [0.2, 0.25) is 0 Å². The van der Waals surface area contributed by atoms with Crippen LogP contribution in [0.5, 0.6) is 0 Å². The maximum atomic E-state index is 13.5. The van der Waals surface area contributed by atoms with Gasteiger partial charge in [0.15, 0.2) is 0 Å². The van der Waals surface area contributed by atoms with Crippen LogP contribution in [0.25, 0.3) is 0 Å². The molecule has 2 nitrogen and oxygen atoms in total. The Kier molecular flexibility index (Phi) is 2.82. The number of benzene rings is 1. The molecule has 1 saturated heterocycles. The van der Waals surface area contributed by atoms with Gasteiger partial charge in [-0.15, -0.1) is 0 Å². The second kappa shape index (κ2) is 4.13. The fraction of sp³-hybridized carbons (Fsp3) is 0.462. The molecule has 0 spiro atoms. The molecule has 1 aromatic carbocycles. The van der Waals surface area contributed by atoms with Crippen molar-refractivity contribution >= 4 is 5.69 Å². The Morgan fingerprint density at radius 2 is 2.19 bits per heavy atom. The monoisotopic (exact) mass is 218 g/mol. The van der Waals surface area contributed by atoms with Gasteiger partial charge in [-0.3, -0.25) is 0 Å². The molecule has 16 heavy (non-hydrogen) atoms. The molecule has 0 radical (unpaired) electrons. The lowest BCUT2D eigenvalue weighted by atomic mass is 10.1. The molecule has 0 N–H and O–H groups in total. The molecule has 3 heteroatoms. The van der Waals surface area contributed by atoms with Gasteiger partial charge in [0.1, 0.15) is 17.4 Å². The van der Waals surface area contributed by atoms with Crippen molar-refractivity contribution in [3.8, 4) is 6.07 Å². The van der Waals surface area contributed by atoms with Gasteiger partial charge >= 0.3 is 0 Å². The van der Waals surface area contributed by atoms with Crippen molar-refractivity contribution in [2.45, 2.75) is 26.3 Å². The molecular formula is C13H15FN2. The van der Waals surface area contributed by atoms with Gasteiger partial charge in [-0.05, 0) is 31.4 Å². The Bertz CT molecular complexity index is 436. The lowest BCUT2D eigenvalue weighted by molar-refractivity contribution is 0.621. The number of nitrogens with zero attached hydrogens (tertiary/aromatic N) is 2. The fourth-order valence-electron chi connectivity index (χ4n) is 2.50. The van der Waals surface area contributed by atoms with Crippen LogP contribution in [-0.2, 0) is 0 Å². The highest BCUT2D eigenvalue weighted by Crippen LogP contribution is 2.31. The maximum absolute atomic E-state index is 13.5. The number of hydrogen-bond donors (Lipinski definition) is 0. The summed E-state index contributed by atoms with van der Waals surface area (Å²) < 4.78 is 13.5. The van der Waals surface area contributed by atoms with E-state index in [1.165, 1.54) is 6.07 Å². The van der Waals surface area contributed by atoms with E-state index in [-0.39, 0.29) is 5.56 Å². The van der Waals surface area contributed by atoms with Crippen molar-refractivity contribution in [3.63, 3.8) is 0 Å². The van der Waals surface area contributed by atoms with Gasteiger partial charge in [0.25, 0.3) is 0 Å². The number of nitriles is 1. The highest BCUT2D eigenvalue weighted by atomic mass is 19.1. The largest absolute Gasteiger partial charge is 0.367 e. The quantitative estimate of drug-likeness (QED) is 0.724. The molecule has 0 aromatic heterocycles. The van der Waals surface area contributed by atoms with Crippen LogP contribution < -0.4 is 4.90 Å². The van der Waals surface area contributed by atoms with Crippen molar-refractivity contribution in [1.29, 1.82) is 5.26 Å². The number of anilines is 1. The summed E-state index contributed by atoms with van der Waals surface area (Å²) >= 11 is 0. The summed E-state index contributed by atoms with van der Waals surface area (Å²) in [7, 11) is 0. The van der Waals surface area contributed by atoms with E-state index in [0.29, 0.717) is 12.0 Å². The first-order valence-electron chi connectivity index (χ1n) is 5.58. The van der Waals surface area contributed by atoms with E-state index in [4.69, 9.17) is 5.26 Å². The van der Waals surface area contributed by atoms with E-state index < -0.39 is 5.82 Å². The van der Waals surface area contributed by atoms with Gasteiger partial charge in [-0.25, -0.2) is 4.39 Å². The van der Waals surface area contributed by atoms with Gasteiger partial charge in [0, 0.05) is 12.6 Å². The number of rotatable bonds is 1. The molecule has 2 unspecified atom stereocenters. The maximum Gasteiger partial charge on any atom is 0.143 e. The molecule has 2 rings (SSSR count). The summed E-state index contributed by atoms with van der Waals surface area (Å²) in [4.78, 5) is 2.13. The topological polar surface area (TPSA) is 27.0 Å². The molecule has 0 amide bonds. The molecule has 0 aliphatic carbocycles. The second-order valence-electron chi connectivity index (χ2n) is 4.59. The van der Waals surface area contributed by atoms with E-state index in [9.17, 15) is 4.39 Å². The average Bonchev–Trinajstić information content (AvgIpc) is 2.57. The summed E-state index contributed by atoms with van der Waals surface area (Å²) in [6.45, 7) is 5.21. The van der Waals surface area contributed by atoms with Crippen LogP contribution in [0.15, 0.2) is 18.2 Å². The summed E-state index contributed by atoms with van der Waals surface area (Å²) in [5, 5.41) is 9.00. The van der Waals surface area contributed by atoms with Crippen molar-refractivity contribution in [2.75, 3.05) is 11.4 Å². The third kappa shape index (κ3) is 1.76. The van der Waals surface area contributed by atoms with Crippen LogP contribution in [0.4, 0.5) is 10.1 Å². The minimum Gasteiger partial charge on any atom is -0.367 e. The van der Waals surface area contributed by atoms with Crippen molar-refractivity contribution < 1.29 is 4.39 Å². The van der Waals surface area contributed by atoms with Crippen LogP contribution in [-0.4, -0.2) is 12.6 Å². The minimum atomic E-state index is -0.424. The fourth-order valence-corrected chi connectivity index (χ4v) is 2.50. The standard InChI is InChI=1S/C13H15FN2/c1-9-6-10(2)16(8-9)13-5-3-4-12(14)11(13)7-15/h3-5,9-10H,6,8H2,1-2H3. The average molecular weight is 218 g/mol. The van der Waals surface area contributed by atoms with E-state index in [2.05, 4.69) is 18.7 Å². The lowest BCUT2D eigenvalue weighted by Crippen LogP contribution is -2.27. The summed E-state index contributed by atoms with van der Waals surface area (Å²) in [5.74, 6) is 0.177. The molecule has 1 aliphatic rings. The Hall–Kier alpha value is -1.56. The van der Waals surface area contributed by atoms with Gasteiger partial charge < -0.3 is 4.90 Å². The van der Waals surface area contributed by atoms with Gasteiger partial charge in [0.05, 0.1) is 5.69 Å². The Labute approximate surface area is 95.3 Å². The first-order valence-corrected chi connectivity index (χ1v) is 5.58. The predicted molar refractivity (Wildman–Crippen MR) is 61.7 cm³/mol. The molecule has 1 aliphatic heterocycles. The first kappa shape index (κ1) is 10.9. The Balaban J connectivity index is 2.41. The Morgan fingerprint density at radius 1 is 1.44 bits per heavy atom. The highest BCUT2D eigenvalue weighted by Gasteiger charge is 2.28. The van der Waals surface area contributed by atoms with E-state index in [0.717, 1.165) is 18.7 Å². The molecule has 1 aromatic rings. The number of hydrogen-bond acceptors (Lipinski definition) is 2.